The van der Waals surface area contributed by atoms with E-state index < -0.39 is 24.0 Å². The molecule has 0 radical (unpaired) electrons. The van der Waals surface area contributed by atoms with Crippen LogP contribution < -0.4 is 11.1 Å². The molecule has 0 heterocycles. The van der Waals surface area contributed by atoms with Crippen LogP contribution in [0.3, 0.4) is 0 Å². The van der Waals surface area contributed by atoms with Crippen molar-refractivity contribution < 1.29 is 18.0 Å². The van der Waals surface area contributed by atoms with E-state index in [4.69, 9.17) is 5.73 Å². The topological polar surface area (TPSA) is 55.1 Å². The summed E-state index contributed by atoms with van der Waals surface area (Å²) in [4.78, 5) is 11.2. The number of nitrogens with two attached hydrogens (primary N) is 1. The van der Waals surface area contributed by atoms with Gasteiger partial charge in [0.2, 0.25) is 5.91 Å². The van der Waals surface area contributed by atoms with Crippen molar-refractivity contribution in [2.24, 2.45) is 17.6 Å². The molecule has 1 aliphatic rings. The van der Waals surface area contributed by atoms with Crippen LogP contribution in [-0.2, 0) is 4.79 Å². The van der Waals surface area contributed by atoms with E-state index >= 15 is 0 Å². The van der Waals surface area contributed by atoms with Gasteiger partial charge in [0, 0.05) is 6.04 Å². The van der Waals surface area contributed by atoms with Crippen LogP contribution in [0.2, 0.25) is 0 Å². The second-order valence-corrected chi connectivity index (χ2v) is 5.39. The van der Waals surface area contributed by atoms with Gasteiger partial charge < -0.3 is 11.1 Å². The lowest BCUT2D eigenvalue weighted by molar-refractivity contribution is -0.183. The van der Waals surface area contributed by atoms with Crippen LogP contribution in [0.4, 0.5) is 13.2 Å². The highest BCUT2D eigenvalue weighted by Crippen LogP contribution is 2.37. The van der Waals surface area contributed by atoms with Crippen molar-refractivity contribution in [3.8, 4) is 0 Å². The summed E-state index contributed by atoms with van der Waals surface area (Å²) in [6.07, 6.45) is -2.71. The number of amides is 1. The number of hydrogen-bond donors (Lipinski definition) is 2. The standard InChI is InChI=1S/C12H21F3N2O/c1-7(2)10(11(16)18)17-9-5-3-4-8(6-9)12(13,14)15/h7-10,17H,3-6H2,1-2H3,(H2,16,18). The van der Waals surface area contributed by atoms with Gasteiger partial charge in [-0.15, -0.1) is 0 Å². The average molecular weight is 266 g/mol. The van der Waals surface area contributed by atoms with E-state index in [1.165, 1.54) is 0 Å². The first kappa shape index (κ1) is 15.3. The van der Waals surface area contributed by atoms with E-state index in [0.717, 1.165) is 0 Å². The van der Waals surface area contributed by atoms with Gasteiger partial charge in [-0.3, -0.25) is 4.79 Å². The lowest BCUT2D eigenvalue weighted by Gasteiger charge is -2.33. The predicted octanol–water partition coefficient (Wildman–Crippen LogP) is 2.21. The molecule has 0 spiro atoms. The predicted molar refractivity (Wildman–Crippen MR) is 62.8 cm³/mol. The Bertz CT molecular complexity index is 292. The van der Waals surface area contributed by atoms with E-state index in [-0.39, 0.29) is 24.8 Å². The highest BCUT2D eigenvalue weighted by atomic mass is 19.4. The molecule has 3 nitrogen and oxygen atoms in total. The van der Waals surface area contributed by atoms with Crippen molar-refractivity contribution in [1.82, 2.24) is 5.32 Å². The molecule has 6 heteroatoms. The fourth-order valence-corrected chi connectivity index (χ4v) is 2.50. The molecule has 106 valence electrons. The summed E-state index contributed by atoms with van der Waals surface area (Å²) < 4.78 is 37.9. The third kappa shape index (κ3) is 4.15. The van der Waals surface area contributed by atoms with Gasteiger partial charge in [-0.05, 0) is 25.2 Å². The van der Waals surface area contributed by atoms with Crippen LogP contribution in [0.15, 0.2) is 0 Å². The Hall–Kier alpha value is -0.780. The summed E-state index contributed by atoms with van der Waals surface area (Å²) in [5.74, 6) is -1.78. The summed E-state index contributed by atoms with van der Waals surface area (Å²) in [6.45, 7) is 3.65. The highest BCUT2D eigenvalue weighted by Gasteiger charge is 2.42. The lowest BCUT2D eigenvalue weighted by Crippen LogP contribution is -2.51. The van der Waals surface area contributed by atoms with Gasteiger partial charge in [-0.1, -0.05) is 20.3 Å². The Morgan fingerprint density at radius 1 is 1.33 bits per heavy atom. The maximum absolute atomic E-state index is 12.6. The third-order valence-electron chi connectivity index (χ3n) is 3.53. The molecule has 0 saturated heterocycles. The second-order valence-electron chi connectivity index (χ2n) is 5.39. The van der Waals surface area contributed by atoms with Gasteiger partial charge in [0.1, 0.15) is 0 Å². The zero-order valence-corrected chi connectivity index (χ0v) is 10.8. The zero-order valence-electron chi connectivity index (χ0n) is 10.8. The summed E-state index contributed by atoms with van der Waals surface area (Å²) in [7, 11) is 0. The quantitative estimate of drug-likeness (QED) is 0.819. The Kier molecular flexibility index (Phi) is 5.01. The SMILES string of the molecule is CC(C)C(NC1CCCC(C(F)(F)F)C1)C(N)=O. The van der Waals surface area contributed by atoms with Crippen molar-refractivity contribution >= 4 is 5.91 Å². The summed E-state index contributed by atoms with van der Waals surface area (Å²) >= 11 is 0. The number of hydrogen-bond acceptors (Lipinski definition) is 2. The van der Waals surface area contributed by atoms with Crippen LogP contribution in [0.5, 0.6) is 0 Å². The maximum atomic E-state index is 12.6. The number of primary amides is 1. The number of carbonyl (C=O) groups excluding carboxylic acids is 1. The summed E-state index contributed by atoms with van der Waals surface area (Å²) in [5.41, 5.74) is 5.25. The van der Waals surface area contributed by atoms with Gasteiger partial charge in [-0.2, -0.15) is 13.2 Å². The Morgan fingerprint density at radius 2 is 1.94 bits per heavy atom. The molecule has 0 aromatic heterocycles. The molecule has 1 rings (SSSR count). The van der Waals surface area contributed by atoms with Crippen LogP contribution in [0.1, 0.15) is 39.5 Å². The van der Waals surface area contributed by atoms with Crippen molar-refractivity contribution in [2.45, 2.75) is 57.8 Å². The molecule has 3 atom stereocenters. The number of halogens is 3. The van der Waals surface area contributed by atoms with Gasteiger partial charge in [0.25, 0.3) is 0 Å². The first-order chi connectivity index (χ1) is 8.21. The van der Waals surface area contributed by atoms with Gasteiger partial charge >= 0.3 is 6.18 Å². The Labute approximate surface area is 105 Å². The van der Waals surface area contributed by atoms with Crippen LogP contribution in [-0.4, -0.2) is 24.2 Å². The first-order valence-corrected chi connectivity index (χ1v) is 6.34. The molecule has 1 aliphatic carbocycles. The van der Waals surface area contributed by atoms with Crippen molar-refractivity contribution in [3.05, 3.63) is 0 Å². The minimum absolute atomic E-state index is 0.0197. The Morgan fingerprint density at radius 3 is 2.39 bits per heavy atom. The van der Waals surface area contributed by atoms with Crippen molar-refractivity contribution in [2.75, 3.05) is 0 Å². The zero-order chi connectivity index (χ0) is 13.9. The lowest BCUT2D eigenvalue weighted by atomic mass is 9.84. The molecule has 0 aromatic rings. The van der Waals surface area contributed by atoms with Gasteiger partial charge in [0.15, 0.2) is 0 Å². The number of carbonyl (C=O) groups is 1. The van der Waals surface area contributed by atoms with Crippen LogP contribution >= 0.6 is 0 Å². The molecule has 3 N–H and O–H groups in total. The molecule has 3 unspecified atom stereocenters. The molecular weight excluding hydrogens is 245 g/mol. The largest absolute Gasteiger partial charge is 0.391 e. The molecule has 1 amide bonds. The molecule has 0 bridgehead atoms. The maximum Gasteiger partial charge on any atom is 0.391 e. The molecular formula is C12H21F3N2O. The summed E-state index contributed by atoms with van der Waals surface area (Å²) in [5, 5.41) is 2.98. The Balaban J connectivity index is 2.59. The minimum Gasteiger partial charge on any atom is -0.368 e. The van der Waals surface area contributed by atoms with E-state index in [2.05, 4.69) is 5.32 Å². The van der Waals surface area contributed by atoms with E-state index in [9.17, 15) is 18.0 Å². The fourth-order valence-electron chi connectivity index (χ4n) is 2.50. The van der Waals surface area contributed by atoms with Crippen LogP contribution in [0.25, 0.3) is 0 Å². The molecule has 1 fully saturated rings. The second kappa shape index (κ2) is 5.91. The van der Waals surface area contributed by atoms with Gasteiger partial charge in [0.05, 0.1) is 12.0 Å². The fraction of sp³-hybridized carbons (Fsp3) is 0.917. The number of rotatable bonds is 4. The van der Waals surface area contributed by atoms with Crippen molar-refractivity contribution in [3.63, 3.8) is 0 Å². The van der Waals surface area contributed by atoms with Crippen molar-refractivity contribution in [1.29, 1.82) is 0 Å². The number of nitrogens with one attached hydrogen (secondary N) is 1. The summed E-state index contributed by atoms with van der Waals surface area (Å²) in [6, 6.07) is -0.827. The average Bonchev–Trinajstić information content (AvgIpc) is 2.24. The normalized spacial score (nSPS) is 27.2. The van der Waals surface area contributed by atoms with Crippen LogP contribution in [0, 0.1) is 11.8 Å². The smallest absolute Gasteiger partial charge is 0.368 e. The first-order valence-electron chi connectivity index (χ1n) is 6.34. The van der Waals surface area contributed by atoms with E-state index in [1.54, 1.807) is 0 Å². The minimum atomic E-state index is -4.14. The molecule has 0 aliphatic heterocycles. The molecule has 18 heavy (non-hydrogen) atoms. The van der Waals surface area contributed by atoms with E-state index in [1.807, 2.05) is 13.8 Å². The number of alkyl halides is 3. The van der Waals surface area contributed by atoms with E-state index in [0.29, 0.717) is 12.8 Å². The third-order valence-corrected chi connectivity index (χ3v) is 3.53. The van der Waals surface area contributed by atoms with Gasteiger partial charge in [-0.25, -0.2) is 0 Å². The highest BCUT2D eigenvalue weighted by molar-refractivity contribution is 5.80. The monoisotopic (exact) mass is 266 g/mol. The molecule has 1 saturated carbocycles. The molecule has 0 aromatic carbocycles.